The van der Waals surface area contributed by atoms with Gasteiger partial charge < -0.3 is 10.2 Å². The number of aromatic nitrogens is 1. The first-order chi connectivity index (χ1) is 13.1. The zero-order valence-corrected chi connectivity index (χ0v) is 14.9. The second-order valence-corrected chi connectivity index (χ2v) is 6.59. The van der Waals surface area contributed by atoms with Crippen molar-refractivity contribution in [3.05, 3.63) is 89.7 Å². The van der Waals surface area contributed by atoms with E-state index in [2.05, 4.69) is 10.3 Å². The van der Waals surface area contributed by atoms with Crippen LogP contribution in [0.25, 0.3) is 0 Å². The first kappa shape index (κ1) is 17.0. The topological polar surface area (TPSA) is 62.3 Å². The van der Waals surface area contributed by atoms with E-state index in [9.17, 15) is 9.59 Å². The highest BCUT2D eigenvalue weighted by Crippen LogP contribution is 2.32. The molecule has 27 heavy (non-hydrogen) atoms. The zero-order valence-electron chi connectivity index (χ0n) is 14.9. The number of amides is 2. The predicted molar refractivity (Wildman–Crippen MR) is 105 cm³/mol. The molecule has 1 unspecified atom stereocenters. The van der Waals surface area contributed by atoms with Crippen LogP contribution in [0.4, 0.5) is 11.4 Å². The number of hydrogen-bond acceptors (Lipinski definition) is 3. The van der Waals surface area contributed by atoms with E-state index in [1.165, 1.54) is 0 Å². The van der Waals surface area contributed by atoms with Gasteiger partial charge in [0, 0.05) is 17.4 Å². The molecule has 0 radical (unpaired) electrons. The van der Waals surface area contributed by atoms with E-state index in [0.717, 1.165) is 17.7 Å². The largest absolute Gasteiger partial charge is 0.321 e. The maximum absolute atomic E-state index is 13.1. The quantitative estimate of drug-likeness (QED) is 0.773. The van der Waals surface area contributed by atoms with Crippen LogP contribution in [0, 0.1) is 0 Å². The van der Waals surface area contributed by atoms with E-state index in [1.54, 1.807) is 35.2 Å². The van der Waals surface area contributed by atoms with Gasteiger partial charge >= 0.3 is 0 Å². The van der Waals surface area contributed by atoms with Gasteiger partial charge in [-0.15, -0.1) is 0 Å². The molecular formula is C22H19N3O2. The number of fused-ring (bicyclic) bond motifs is 1. The number of carbonyl (C=O) groups is 2. The number of pyridine rings is 1. The summed E-state index contributed by atoms with van der Waals surface area (Å²) in [6.07, 6.45) is 0.816. The second kappa shape index (κ2) is 7.03. The summed E-state index contributed by atoms with van der Waals surface area (Å²) in [5.74, 6) is -0.535. The number of rotatable bonds is 3. The zero-order chi connectivity index (χ0) is 18.8. The third-order valence-electron chi connectivity index (χ3n) is 4.66. The molecule has 3 aromatic rings. The Labute approximate surface area is 157 Å². The molecule has 5 nitrogen and oxygen atoms in total. The summed E-state index contributed by atoms with van der Waals surface area (Å²) in [4.78, 5) is 31.6. The minimum Gasteiger partial charge on any atom is -0.321 e. The maximum Gasteiger partial charge on any atom is 0.277 e. The smallest absolute Gasteiger partial charge is 0.277 e. The molecule has 0 spiro atoms. The molecule has 0 aliphatic carbocycles. The Hall–Kier alpha value is -3.47. The normalized spacial score (nSPS) is 15.3. The second-order valence-electron chi connectivity index (χ2n) is 6.59. The van der Waals surface area contributed by atoms with Gasteiger partial charge in [-0.2, -0.15) is 0 Å². The highest BCUT2D eigenvalue weighted by Gasteiger charge is 2.32. The lowest BCUT2D eigenvalue weighted by atomic mass is 10.1. The number of anilines is 2. The van der Waals surface area contributed by atoms with Crippen LogP contribution in [-0.2, 0) is 6.42 Å². The Morgan fingerprint density at radius 2 is 1.63 bits per heavy atom. The van der Waals surface area contributed by atoms with Gasteiger partial charge in [0.05, 0.1) is 0 Å². The average Bonchev–Trinajstić information content (AvgIpc) is 3.04. The van der Waals surface area contributed by atoms with Crippen molar-refractivity contribution in [1.29, 1.82) is 0 Å². The fourth-order valence-corrected chi connectivity index (χ4v) is 3.40. The lowest BCUT2D eigenvalue weighted by Crippen LogP contribution is -2.36. The molecule has 2 aromatic carbocycles. The molecule has 4 rings (SSSR count). The number of para-hydroxylation sites is 2. The minimum absolute atomic E-state index is 0.0542. The Kier molecular flexibility index (Phi) is 4.42. The van der Waals surface area contributed by atoms with Crippen LogP contribution in [0.1, 0.15) is 33.5 Å². The molecule has 2 heterocycles. The number of carbonyl (C=O) groups excluding carboxylic acids is 2. The molecule has 0 fully saturated rings. The van der Waals surface area contributed by atoms with Gasteiger partial charge in [-0.3, -0.25) is 9.59 Å². The first-order valence-electron chi connectivity index (χ1n) is 8.88. The Balaban J connectivity index is 1.59. The molecule has 1 atom stereocenters. The van der Waals surface area contributed by atoms with Crippen molar-refractivity contribution in [3.8, 4) is 0 Å². The molecular weight excluding hydrogens is 338 g/mol. The molecule has 0 saturated carbocycles. The molecule has 5 heteroatoms. The fraction of sp³-hybridized carbons (Fsp3) is 0.136. The van der Waals surface area contributed by atoms with E-state index in [-0.39, 0.29) is 29.2 Å². The van der Waals surface area contributed by atoms with Gasteiger partial charge in [-0.1, -0.05) is 42.5 Å². The molecule has 1 aliphatic heterocycles. The molecule has 134 valence electrons. The van der Waals surface area contributed by atoms with Crippen LogP contribution in [0.3, 0.4) is 0 Å². The fourth-order valence-electron chi connectivity index (χ4n) is 3.40. The van der Waals surface area contributed by atoms with Gasteiger partial charge in [0.1, 0.15) is 11.4 Å². The monoisotopic (exact) mass is 357 g/mol. The summed E-state index contributed by atoms with van der Waals surface area (Å²) in [6.45, 7) is 2.02. The van der Waals surface area contributed by atoms with Crippen molar-refractivity contribution in [2.45, 2.75) is 19.4 Å². The van der Waals surface area contributed by atoms with Gasteiger partial charge in [0.2, 0.25) is 0 Å². The Bertz CT molecular complexity index is 1000. The van der Waals surface area contributed by atoms with Crippen LogP contribution in [0.15, 0.2) is 72.8 Å². The highest BCUT2D eigenvalue weighted by atomic mass is 16.2. The van der Waals surface area contributed by atoms with Crippen molar-refractivity contribution in [2.75, 3.05) is 10.2 Å². The first-order valence-corrected chi connectivity index (χ1v) is 8.88. The highest BCUT2D eigenvalue weighted by molar-refractivity contribution is 6.08. The number of nitrogens with one attached hydrogen (secondary N) is 1. The average molecular weight is 357 g/mol. The summed E-state index contributed by atoms with van der Waals surface area (Å²) >= 11 is 0. The summed E-state index contributed by atoms with van der Waals surface area (Å²) in [5.41, 5.74) is 3.22. The summed E-state index contributed by atoms with van der Waals surface area (Å²) in [7, 11) is 0. The van der Waals surface area contributed by atoms with E-state index < -0.39 is 0 Å². The van der Waals surface area contributed by atoms with E-state index in [0.29, 0.717) is 5.69 Å². The van der Waals surface area contributed by atoms with Crippen molar-refractivity contribution < 1.29 is 9.59 Å². The Morgan fingerprint density at radius 1 is 0.926 bits per heavy atom. The summed E-state index contributed by atoms with van der Waals surface area (Å²) < 4.78 is 0. The molecule has 2 amide bonds. The van der Waals surface area contributed by atoms with Gasteiger partial charge in [0.15, 0.2) is 0 Å². The van der Waals surface area contributed by atoms with Crippen LogP contribution in [0.2, 0.25) is 0 Å². The van der Waals surface area contributed by atoms with Crippen molar-refractivity contribution >= 4 is 23.2 Å². The number of benzene rings is 2. The van der Waals surface area contributed by atoms with E-state index in [1.807, 2.05) is 49.4 Å². The maximum atomic E-state index is 13.1. The SMILES string of the molecule is CC1Cc2ccccc2N1C(=O)c1cccc(C(=O)Nc2ccccc2)n1. The van der Waals surface area contributed by atoms with Gasteiger partial charge in [0.25, 0.3) is 11.8 Å². The molecule has 1 aromatic heterocycles. The van der Waals surface area contributed by atoms with Crippen LogP contribution in [0.5, 0.6) is 0 Å². The molecule has 1 N–H and O–H groups in total. The van der Waals surface area contributed by atoms with Gasteiger partial charge in [-0.25, -0.2) is 4.98 Å². The van der Waals surface area contributed by atoms with Crippen molar-refractivity contribution in [1.82, 2.24) is 4.98 Å². The predicted octanol–water partition coefficient (Wildman–Crippen LogP) is 3.93. The molecule has 0 bridgehead atoms. The third kappa shape index (κ3) is 3.31. The van der Waals surface area contributed by atoms with Crippen LogP contribution >= 0.6 is 0 Å². The summed E-state index contributed by atoms with van der Waals surface area (Å²) in [5, 5.41) is 2.79. The standard InChI is InChI=1S/C22H19N3O2/c1-15-14-16-8-5-6-13-20(16)25(15)22(27)19-12-7-11-18(24-19)21(26)23-17-9-3-2-4-10-17/h2-13,15H,14H2,1H3,(H,23,26). The third-order valence-corrected chi connectivity index (χ3v) is 4.66. The van der Waals surface area contributed by atoms with Crippen LogP contribution in [-0.4, -0.2) is 22.8 Å². The molecule has 0 saturated heterocycles. The minimum atomic E-state index is -0.342. The van der Waals surface area contributed by atoms with E-state index >= 15 is 0 Å². The number of hydrogen-bond donors (Lipinski definition) is 1. The van der Waals surface area contributed by atoms with Crippen molar-refractivity contribution in [3.63, 3.8) is 0 Å². The van der Waals surface area contributed by atoms with Crippen molar-refractivity contribution in [2.24, 2.45) is 0 Å². The lowest BCUT2D eigenvalue weighted by molar-refractivity contribution is 0.0976. The van der Waals surface area contributed by atoms with Gasteiger partial charge in [-0.05, 0) is 49.2 Å². The lowest BCUT2D eigenvalue weighted by Gasteiger charge is -2.22. The van der Waals surface area contributed by atoms with Crippen LogP contribution < -0.4 is 10.2 Å². The molecule has 1 aliphatic rings. The van der Waals surface area contributed by atoms with E-state index in [4.69, 9.17) is 0 Å². The number of nitrogens with zero attached hydrogens (tertiary/aromatic N) is 2. The Morgan fingerprint density at radius 3 is 2.44 bits per heavy atom. The summed E-state index contributed by atoms with van der Waals surface area (Å²) in [6, 6.07) is 22.1.